The van der Waals surface area contributed by atoms with Crippen LogP contribution >= 0.6 is 0 Å². The van der Waals surface area contributed by atoms with Gasteiger partial charge in [-0.1, -0.05) is 19.4 Å². The second-order valence-corrected chi connectivity index (χ2v) is 16.1. The first-order valence-corrected chi connectivity index (χ1v) is 17.8. The van der Waals surface area contributed by atoms with Gasteiger partial charge >= 0.3 is 17.9 Å². The molecule has 5 aliphatic rings. The minimum absolute atomic E-state index is 0.0360. The van der Waals surface area contributed by atoms with Crippen LogP contribution in [0.4, 0.5) is 0 Å². The summed E-state index contributed by atoms with van der Waals surface area (Å²) in [5, 5.41) is 12.2. The van der Waals surface area contributed by atoms with Crippen molar-refractivity contribution in [3.05, 3.63) is 11.6 Å². The zero-order chi connectivity index (χ0) is 35.1. The van der Waals surface area contributed by atoms with E-state index >= 15 is 0 Å². The molecule has 1 saturated heterocycles. The molecule has 1 aliphatic heterocycles. The number of hydrogen-bond donors (Lipinski definition) is 2. The van der Waals surface area contributed by atoms with Crippen molar-refractivity contribution in [2.24, 2.45) is 34.5 Å². The highest BCUT2D eigenvalue weighted by molar-refractivity contribution is 5.93. The van der Waals surface area contributed by atoms with Crippen molar-refractivity contribution in [3.8, 4) is 0 Å². The summed E-state index contributed by atoms with van der Waals surface area (Å²) in [6.45, 7) is 9.43. The van der Waals surface area contributed by atoms with Gasteiger partial charge in [0.2, 0.25) is 11.7 Å². The first-order valence-electron chi connectivity index (χ1n) is 17.8. The maximum absolute atomic E-state index is 14.0. The fourth-order valence-corrected chi connectivity index (χ4v) is 10.5. The van der Waals surface area contributed by atoms with Gasteiger partial charge in [0.05, 0.1) is 18.4 Å². The first kappa shape index (κ1) is 36.2. The monoisotopic (exact) mass is 671 g/mol. The zero-order valence-corrected chi connectivity index (χ0v) is 29.2. The van der Waals surface area contributed by atoms with E-state index in [4.69, 9.17) is 14.2 Å². The lowest BCUT2D eigenvalue weighted by atomic mass is 9.46. The number of allylic oxidation sites excluding steroid dienone is 1. The third-order valence-corrected chi connectivity index (χ3v) is 12.8. The van der Waals surface area contributed by atoms with Crippen LogP contribution in [0.15, 0.2) is 11.6 Å². The molecule has 0 spiro atoms. The Bertz CT molecular complexity index is 1370. The predicted octanol–water partition coefficient (Wildman–Crippen LogP) is 4.88. The van der Waals surface area contributed by atoms with E-state index in [1.807, 2.05) is 19.9 Å². The van der Waals surface area contributed by atoms with Crippen LogP contribution in [0.1, 0.15) is 118 Å². The van der Waals surface area contributed by atoms with Crippen molar-refractivity contribution in [1.82, 2.24) is 5.32 Å². The first-order chi connectivity index (χ1) is 22.5. The lowest BCUT2D eigenvalue weighted by Crippen LogP contribution is -2.59. The molecule has 1 heterocycles. The van der Waals surface area contributed by atoms with Gasteiger partial charge in [0.15, 0.2) is 18.0 Å². The molecular weight excluding hydrogens is 618 g/mol. The molecule has 4 aliphatic carbocycles. The fraction of sp³-hybridized carbons (Fsp3) is 0.784. The highest BCUT2D eigenvalue weighted by Gasteiger charge is 2.68. The molecule has 48 heavy (non-hydrogen) atoms. The molecule has 8 atom stereocenters. The van der Waals surface area contributed by atoms with Gasteiger partial charge in [0.25, 0.3) is 0 Å². The Balaban J connectivity index is 1.20. The van der Waals surface area contributed by atoms with Crippen molar-refractivity contribution in [3.63, 3.8) is 0 Å². The van der Waals surface area contributed by atoms with Crippen molar-refractivity contribution < 1.29 is 48.1 Å². The summed E-state index contributed by atoms with van der Waals surface area (Å²) in [6.07, 6.45) is 8.19. The van der Waals surface area contributed by atoms with Crippen molar-refractivity contribution >= 4 is 35.4 Å². The van der Waals surface area contributed by atoms with Gasteiger partial charge in [0, 0.05) is 37.8 Å². The minimum Gasteiger partial charge on any atom is -0.481 e. The van der Waals surface area contributed by atoms with E-state index in [9.17, 15) is 33.9 Å². The van der Waals surface area contributed by atoms with Gasteiger partial charge in [-0.3, -0.25) is 28.8 Å². The van der Waals surface area contributed by atoms with E-state index in [-0.39, 0.29) is 42.3 Å². The Morgan fingerprint density at radius 1 is 0.979 bits per heavy atom. The molecule has 0 bridgehead atoms. The number of nitrogens with one attached hydrogen (secondary N) is 1. The molecular formula is C37H53NO10. The summed E-state index contributed by atoms with van der Waals surface area (Å²) in [7, 11) is 0. The lowest BCUT2D eigenvalue weighted by Gasteiger charge is -2.59. The van der Waals surface area contributed by atoms with Crippen LogP contribution in [-0.4, -0.2) is 70.9 Å². The number of ketones is 2. The average Bonchev–Trinajstić information content (AvgIpc) is 3.30. The van der Waals surface area contributed by atoms with E-state index in [0.717, 1.165) is 32.1 Å². The average molecular weight is 672 g/mol. The maximum atomic E-state index is 14.0. The normalized spacial score (nSPS) is 35.9. The summed E-state index contributed by atoms with van der Waals surface area (Å²) in [6, 6.07) is -0.597. The standard InChI is InChI=1S/C37H53NO10/c1-22(39)48-37(16-12-28-26-7-6-24-18-25(40)10-14-35(24,4)27(26)11-15-36(28,37)5)30(41)21-46-33(45)9-8-31(42)38-29(19-32(43)44)23-13-17-47-34(2,3)20-23/h18,23,26-29H,6-17,19-21H2,1-5H3,(H,38,42)(H,43,44)/t23-,26+,27-,28-,29-,35+,36+,37+/m1/s1. The van der Waals surface area contributed by atoms with Gasteiger partial charge in [-0.15, -0.1) is 0 Å². The Morgan fingerprint density at radius 3 is 2.40 bits per heavy atom. The number of carboxylic acid groups (broad SMARTS) is 1. The van der Waals surface area contributed by atoms with E-state index in [0.29, 0.717) is 50.5 Å². The van der Waals surface area contributed by atoms with E-state index < -0.39 is 58.9 Å². The SMILES string of the molecule is CC(=O)O[C@]1(C(=O)COC(=O)CCC(=O)N[C@H](CC(=O)O)[C@@H]2CCOC(C)(C)C2)CC[C@@H]2[C@H]3CCC4=CC(=O)CC[C@]4(C)[C@@H]3CC[C@@]21C. The Morgan fingerprint density at radius 2 is 1.71 bits per heavy atom. The van der Waals surface area contributed by atoms with Crippen LogP contribution in [-0.2, 0) is 43.0 Å². The minimum atomic E-state index is -1.41. The lowest BCUT2D eigenvalue weighted by molar-refractivity contribution is -0.191. The highest BCUT2D eigenvalue weighted by Crippen LogP contribution is 2.68. The molecule has 0 aromatic rings. The van der Waals surface area contributed by atoms with E-state index in [1.54, 1.807) is 0 Å². The Kier molecular flexibility index (Phi) is 10.3. The van der Waals surface area contributed by atoms with Crippen LogP contribution in [0.5, 0.6) is 0 Å². The van der Waals surface area contributed by atoms with Crippen LogP contribution in [0, 0.1) is 34.5 Å². The predicted molar refractivity (Wildman–Crippen MR) is 173 cm³/mol. The second-order valence-electron chi connectivity index (χ2n) is 16.1. The number of carbonyl (C=O) groups excluding carboxylic acids is 5. The van der Waals surface area contributed by atoms with Gasteiger partial charge in [-0.05, 0) is 107 Å². The number of amides is 1. The quantitative estimate of drug-likeness (QED) is 0.290. The summed E-state index contributed by atoms with van der Waals surface area (Å²) in [5.41, 5.74) is -1.23. The van der Waals surface area contributed by atoms with Crippen molar-refractivity contribution in [2.45, 2.75) is 135 Å². The van der Waals surface area contributed by atoms with Crippen LogP contribution in [0.25, 0.3) is 0 Å². The summed E-state index contributed by atoms with van der Waals surface area (Å²) < 4.78 is 17.1. The number of Topliss-reactive ketones (excluding diaryl/α,β-unsaturated/α-hetero) is 1. The van der Waals surface area contributed by atoms with Gasteiger partial charge in [0.1, 0.15) is 0 Å². The Hall–Kier alpha value is -3.08. The van der Waals surface area contributed by atoms with Gasteiger partial charge < -0.3 is 24.6 Å². The molecule has 266 valence electrons. The van der Waals surface area contributed by atoms with Crippen LogP contribution in [0.2, 0.25) is 0 Å². The molecule has 11 nitrogen and oxygen atoms in total. The Labute approximate surface area is 283 Å². The van der Waals surface area contributed by atoms with Crippen molar-refractivity contribution in [1.29, 1.82) is 0 Å². The van der Waals surface area contributed by atoms with Crippen LogP contribution in [0.3, 0.4) is 0 Å². The maximum Gasteiger partial charge on any atom is 0.306 e. The summed E-state index contributed by atoms with van der Waals surface area (Å²) in [4.78, 5) is 75.9. The van der Waals surface area contributed by atoms with Gasteiger partial charge in [-0.25, -0.2) is 0 Å². The number of aliphatic carboxylic acids is 1. The summed E-state index contributed by atoms with van der Waals surface area (Å²) >= 11 is 0. The number of hydrogen-bond acceptors (Lipinski definition) is 9. The van der Waals surface area contributed by atoms with E-state index in [2.05, 4.69) is 19.2 Å². The molecule has 1 amide bonds. The third-order valence-electron chi connectivity index (χ3n) is 12.8. The van der Waals surface area contributed by atoms with Crippen molar-refractivity contribution in [2.75, 3.05) is 13.2 Å². The molecule has 4 fully saturated rings. The smallest absolute Gasteiger partial charge is 0.306 e. The zero-order valence-electron chi connectivity index (χ0n) is 29.2. The summed E-state index contributed by atoms with van der Waals surface area (Å²) in [5.74, 6) is -2.20. The third kappa shape index (κ3) is 6.98. The molecule has 3 saturated carbocycles. The number of ether oxygens (including phenoxy) is 3. The molecule has 2 N–H and O–H groups in total. The van der Waals surface area contributed by atoms with E-state index in [1.165, 1.54) is 12.5 Å². The largest absolute Gasteiger partial charge is 0.481 e. The molecule has 0 aromatic heterocycles. The number of rotatable bonds is 11. The topological polar surface area (TPSA) is 162 Å². The molecule has 0 aromatic carbocycles. The van der Waals surface area contributed by atoms with Crippen LogP contribution < -0.4 is 5.32 Å². The fourth-order valence-electron chi connectivity index (χ4n) is 10.5. The molecule has 0 radical (unpaired) electrons. The number of carboxylic acids is 1. The van der Waals surface area contributed by atoms with Gasteiger partial charge in [-0.2, -0.15) is 0 Å². The number of fused-ring (bicyclic) bond motifs is 5. The molecule has 11 heteroatoms. The highest BCUT2D eigenvalue weighted by atomic mass is 16.6. The number of carbonyl (C=O) groups is 6. The number of esters is 2. The molecule has 5 rings (SSSR count). The second kappa shape index (κ2) is 13.7. The molecule has 0 unspecified atom stereocenters.